The third-order valence-corrected chi connectivity index (χ3v) is 7.17. The van der Waals surface area contributed by atoms with Crippen molar-refractivity contribution in [1.82, 2.24) is 9.88 Å². The van der Waals surface area contributed by atoms with Gasteiger partial charge < -0.3 is 30.0 Å². The number of likely N-dealkylation sites (tertiary alicyclic amines) is 1. The van der Waals surface area contributed by atoms with Crippen molar-refractivity contribution >= 4 is 35.4 Å². The Morgan fingerprint density at radius 2 is 2.13 bits per heavy atom. The summed E-state index contributed by atoms with van der Waals surface area (Å²) < 4.78 is 17.3. The average molecular weight is 437 g/mol. The molecule has 5 rings (SSSR count). The van der Waals surface area contributed by atoms with E-state index in [1.54, 1.807) is 0 Å². The fourth-order valence-electron chi connectivity index (χ4n) is 4.70. The lowest BCUT2D eigenvalue weighted by Gasteiger charge is -2.35. The number of rotatable bonds is 3. The largest absolute Gasteiger partial charge is 0.492 e. The number of carbonyl (C=O) groups excluding carboxylic acids is 1. The van der Waals surface area contributed by atoms with Gasteiger partial charge in [-0.2, -0.15) is 0 Å². The first-order chi connectivity index (χ1) is 14.4. The van der Waals surface area contributed by atoms with Crippen molar-refractivity contribution in [2.75, 3.05) is 62.2 Å². The van der Waals surface area contributed by atoms with E-state index in [0.717, 1.165) is 10.7 Å². The number of ether oxygens (including phenoxy) is 3. The first-order valence-corrected chi connectivity index (χ1v) is 10.7. The molecule has 2 bridgehead atoms. The van der Waals surface area contributed by atoms with Gasteiger partial charge in [0.1, 0.15) is 22.8 Å². The summed E-state index contributed by atoms with van der Waals surface area (Å²) in [7, 11) is 1.52. The molecular weight excluding hydrogens is 414 g/mol. The molecule has 0 spiro atoms. The van der Waals surface area contributed by atoms with E-state index in [1.165, 1.54) is 28.7 Å². The molecule has 0 saturated carbocycles. The van der Waals surface area contributed by atoms with Crippen LogP contribution in [0.5, 0.6) is 5.75 Å². The van der Waals surface area contributed by atoms with Crippen molar-refractivity contribution in [1.29, 1.82) is 0 Å². The molecule has 3 N–H and O–H groups in total. The third kappa shape index (κ3) is 2.77. The molecule has 1 aromatic rings. The summed E-state index contributed by atoms with van der Waals surface area (Å²) in [6.07, 6.45) is -0.485. The van der Waals surface area contributed by atoms with Gasteiger partial charge in [0.2, 0.25) is 0 Å². The molecule has 4 aliphatic heterocycles. The fraction of sp³-hybridized carbons (Fsp3) is 0.611. The quantitative estimate of drug-likeness (QED) is 0.707. The van der Waals surface area contributed by atoms with Crippen LogP contribution in [0.1, 0.15) is 12.1 Å². The number of morpholine rings is 2. The maximum atomic E-state index is 12.2. The molecule has 0 aliphatic carbocycles. The number of urea groups is 1. The predicted molar refractivity (Wildman–Crippen MR) is 107 cm³/mol. The smallest absolute Gasteiger partial charge is 0.407 e. The van der Waals surface area contributed by atoms with Crippen molar-refractivity contribution in [2.45, 2.75) is 23.0 Å². The van der Waals surface area contributed by atoms with Crippen LogP contribution < -0.4 is 20.3 Å². The SMILES string of the molecule is COc1c([C@]23C[C@@H](CO2)N(C(=O)O)C3)nc(N2CCOCC2)c2c1N(C(N)=O)CS2. The minimum atomic E-state index is -0.979. The summed E-state index contributed by atoms with van der Waals surface area (Å²) in [4.78, 5) is 34.6. The van der Waals surface area contributed by atoms with Crippen LogP contribution in [0.2, 0.25) is 0 Å². The van der Waals surface area contributed by atoms with Gasteiger partial charge in [-0.05, 0) is 0 Å². The first kappa shape index (κ1) is 19.5. The number of amides is 3. The van der Waals surface area contributed by atoms with Crippen LogP contribution in [0, 0.1) is 0 Å². The summed E-state index contributed by atoms with van der Waals surface area (Å²) in [5.41, 5.74) is 5.83. The Hall–Kier alpha value is -2.44. The molecule has 1 aromatic heterocycles. The van der Waals surface area contributed by atoms with E-state index in [1.807, 2.05) is 0 Å². The number of carboxylic acid groups (broad SMARTS) is 1. The van der Waals surface area contributed by atoms with Crippen LogP contribution in [0.3, 0.4) is 0 Å². The molecule has 3 amide bonds. The number of thioether (sulfide) groups is 1. The molecule has 5 heterocycles. The Labute approximate surface area is 177 Å². The molecule has 30 heavy (non-hydrogen) atoms. The van der Waals surface area contributed by atoms with Crippen LogP contribution in [-0.4, -0.2) is 85.6 Å². The maximum Gasteiger partial charge on any atom is 0.407 e. The minimum Gasteiger partial charge on any atom is -0.492 e. The van der Waals surface area contributed by atoms with E-state index >= 15 is 0 Å². The van der Waals surface area contributed by atoms with Crippen molar-refractivity contribution in [2.24, 2.45) is 5.73 Å². The lowest BCUT2D eigenvalue weighted by molar-refractivity contribution is -0.0467. The van der Waals surface area contributed by atoms with Crippen molar-refractivity contribution in [3.05, 3.63) is 5.69 Å². The number of fused-ring (bicyclic) bond motifs is 3. The molecule has 2 atom stereocenters. The van der Waals surface area contributed by atoms with E-state index in [9.17, 15) is 14.7 Å². The Kier molecular flexibility index (Phi) is 4.60. The highest BCUT2D eigenvalue weighted by atomic mass is 32.2. The van der Waals surface area contributed by atoms with Crippen molar-refractivity contribution in [3.63, 3.8) is 0 Å². The van der Waals surface area contributed by atoms with E-state index in [4.69, 9.17) is 24.9 Å². The second-order valence-electron chi connectivity index (χ2n) is 7.71. The molecule has 3 saturated heterocycles. The zero-order valence-electron chi connectivity index (χ0n) is 16.5. The van der Waals surface area contributed by atoms with Crippen LogP contribution in [0.25, 0.3) is 0 Å². The van der Waals surface area contributed by atoms with Gasteiger partial charge in [0.05, 0.1) is 50.3 Å². The molecule has 162 valence electrons. The van der Waals surface area contributed by atoms with E-state index in [2.05, 4.69) is 4.90 Å². The molecule has 0 aromatic carbocycles. The Bertz CT molecular complexity index is 910. The van der Waals surface area contributed by atoms with Gasteiger partial charge in [-0.15, -0.1) is 0 Å². The number of nitrogens with zero attached hydrogens (tertiary/aromatic N) is 4. The average Bonchev–Trinajstić information content (AvgIpc) is 3.46. The van der Waals surface area contributed by atoms with Crippen molar-refractivity contribution in [3.8, 4) is 5.75 Å². The van der Waals surface area contributed by atoms with Gasteiger partial charge >= 0.3 is 12.1 Å². The van der Waals surface area contributed by atoms with Crippen LogP contribution >= 0.6 is 11.8 Å². The van der Waals surface area contributed by atoms with Crippen LogP contribution in [0.4, 0.5) is 21.1 Å². The zero-order valence-corrected chi connectivity index (χ0v) is 17.3. The van der Waals surface area contributed by atoms with E-state index in [-0.39, 0.29) is 12.6 Å². The maximum absolute atomic E-state index is 12.2. The van der Waals surface area contributed by atoms with Gasteiger partial charge in [0.15, 0.2) is 5.75 Å². The summed E-state index contributed by atoms with van der Waals surface area (Å²) in [5.74, 6) is 1.51. The first-order valence-electron chi connectivity index (χ1n) is 9.73. The normalized spacial score (nSPS) is 27.5. The van der Waals surface area contributed by atoms with Crippen LogP contribution in [0.15, 0.2) is 4.90 Å². The number of hydrogen-bond donors (Lipinski definition) is 2. The third-order valence-electron chi connectivity index (χ3n) is 6.12. The van der Waals surface area contributed by atoms with E-state index < -0.39 is 17.7 Å². The van der Waals surface area contributed by atoms with Gasteiger partial charge in [-0.25, -0.2) is 14.6 Å². The summed E-state index contributed by atoms with van der Waals surface area (Å²) in [6.45, 7) is 2.97. The fourth-order valence-corrected chi connectivity index (χ4v) is 5.86. The highest BCUT2D eigenvalue weighted by molar-refractivity contribution is 8.00. The number of methoxy groups -OCH3 is 1. The van der Waals surface area contributed by atoms with Gasteiger partial charge in [0.25, 0.3) is 0 Å². The summed E-state index contributed by atoms with van der Waals surface area (Å²) in [5, 5.41) is 9.58. The van der Waals surface area contributed by atoms with Gasteiger partial charge in [0, 0.05) is 19.5 Å². The van der Waals surface area contributed by atoms with Gasteiger partial charge in [-0.1, -0.05) is 11.8 Å². The number of nitrogens with two attached hydrogens (primary N) is 1. The Morgan fingerprint density at radius 1 is 1.37 bits per heavy atom. The number of hydrogen-bond acceptors (Lipinski definition) is 8. The molecule has 11 nitrogen and oxygen atoms in total. The molecular formula is C18H23N5O6S. The van der Waals surface area contributed by atoms with Crippen LogP contribution in [-0.2, 0) is 15.1 Å². The second-order valence-corrected chi connectivity index (χ2v) is 8.66. The monoisotopic (exact) mass is 437 g/mol. The highest BCUT2D eigenvalue weighted by Crippen LogP contribution is 2.55. The lowest BCUT2D eigenvalue weighted by Crippen LogP contribution is -2.44. The molecule has 4 aliphatic rings. The summed E-state index contributed by atoms with van der Waals surface area (Å²) >= 11 is 1.48. The van der Waals surface area contributed by atoms with Crippen molar-refractivity contribution < 1.29 is 28.9 Å². The molecule has 0 radical (unpaired) electrons. The van der Waals surface area contributed by atoms with E-state index in [0.29, 0.717) is 62.3 Å². The molecule has 12 heteroatoms. The minimum absolute atomic E-state index is 0.168. The number of carbonyl (C=O) groups is 2. The number of aromatic nitrogens is 1. The topological polar surface area (TPSA) is 131 Å². The second kappa shape index (κ2) is 7.06. The highest BCUT2D eigenvalue weighted by Gasteiger charge is 2.57. The number of pyridine rings is 1. The molecule has 3 fully saturated rings. The predicted octanol–water partition coefficient (Wildman–Crippen LogP) is 0.853. The lowest BCUT2D eigenvalue weighted by atomic mass is 9.96. The Morgan fingerprint density at radius 3 is 2.77 bits per heavy atom. The number of primary amides is 1. The molecule has 0 unspecified atom stereocenters. The summed E-state index contributed by atoms with van der Waals surface area (Å²) in [6, 6.07) is -0.804. The number of anilines is 2. The standard InChI is InChI=1S/C18H23N5O6S/c1-27-12-11-13(30-9-23(11)16(19)24)15(21-2-4-28-5-3-21)20-14(12)18-6-10(7-29-18)22(8-18)17(25)26/h10H,2-9H2,1H3,(H2,19,24)(H,25,26)/t10-,18+/m0/s1. The zero-order chi connectivity index (χ0) is 21.0. The Balaban J connectivity index is 1.68. The van der Waals surface area contributed by atoms with Gasteiger partial charge in [-0.3, -0.25) is 9.80 Å².